The maximum Gasteiger partial charge on any atom is 0.348 e. The molecule has 0 aromatic heterocycles. The van der Waals surface area contributed by atoms with Crippen LogP contribution in [0.4, 0.5) is 5.69 Å². The van der Waals surface area contributed by atoms with E-state index in [1.807, 2.05) is 12.1 Å². The average molecular weight is 467 g/mol. The smallest absolute Gasteiger partial charge is 0.348 e. The molecule has 168 valence electrons. The number of carboxylic acid groups (broad SMARTS) is 1. The Hall–Kier alpha value is -2.15. The molecule has 1 atom stereocenters. The summed E-state index contributed by atoms with van der Waals surface area (Å²) in [7, 11) is 0. The molecule has 0 bridgehead atoms. The van der Waals surface area contributed by atoms with Crippen molar-refractivity contribution >= 4 is 35.7 Å². The van der Waals surface area contributed by atoms with Crippen molar-refractivity contribution in [3.05, 3.63) is 52.5 Å². The lowest BCUT2D eigenvalue weighted by Gasteiger charge is -2.33. The fourth-order valence-electron chi connectivity index (χ4n) is 4.21. The summed E-state index contributed by atoms with van der Waals surface area (Å²) in [5.41, 5.74) is 8.58. The van der Waals surface area contributed by atoms with E-state index in [4.69, 9.17) is 26.8 Å². The van der Waals surface area contributed by atoms with Crippen molar-refractivity contribution in [1.82, 2.24) is 4.90 Å². The van der Waals surface area contributed by atoms with E-state index in [0.717, 1.165) is 50.9 Å². The van der Waals surface area contributed by atoms with Crippen molar-refractivity contribution in [2.75, 3.05) is 32.0 Å². The summed E-state index contributed by atoms with van der Waals surface area (Å²) >= 11 is 6.30. The first kappa shape index (κ1) is 23.5. The fraction of sp³-hybridized carbons (Fsp3) is 0.435. The van der Waals surface area contributed by atoms with E-state index >= 15 is 0 Å². The van der Waals surface area contributed by atoms with E-state index < -0.39 is 12.1 Å². The van der Waals surface area contributed by atoms with Gasteiger partial charge < -0.3 is 25.2 Å². The van der Waals surface area contributed by atoms with Crippen LogP contribution in [0.15, 0.2) is 36.4 Å². The highest BCUT2D eigenvalue weighted by molar-refractivity contribution is 6.33. The number of anilines is 1. The monoisotopic (exact) mass is 466 g/mol. The number of benzene rings is 2. The predicted molar refractivity (Wildman–Crippen MR) is 124 cm³/mol. The molecule has 3 N–H and O–H groups in total. The van der Waals surface area contributed by atoms with Crippen molar-refractivity contribution in [2.24, 2.45) is 5.92 Å². The number of hydrogen-bond donors (Lipinski definition) is 2. The zero-order valence-electron chi connectivity index (χ0n) is 17.3. The van der Waals surface area contributed by atoms with Crippen molar-refractivity contribution < 1.29 is 19.4 Å². The number of rotatable bonds is 6. The Morgan fingerprint density at radius 2 is 1.90 bits per heavy atom. The SMILES string of the molecule is Cl.Nc1c(Cl)cc(CC2CCN(CCc3ccccc3)CC2)c2c1OC(C(=O)O)CO2. The molecule has 2 aliphatic heterocycles. The zero-order chi connectivity index (χ0) is 21.1. The Morgan fingerprint density at radius 3 is 2.58 bits per heavy atom. The Bertz CT molecular complexity index is 902. The van der Waals surface area contributed by atoms with Crippen molar-refractivity contribution in [2.45, 2.75) is 31.8 Å². The minimum Gasteiger partial charge on any atom is -0.485 e. The van der Waals surface area contributed by atoms with E-state index in [1.165, 1.54) is 5.56 Å². The number of fused-ring (bicyclic) bond motifs is 1. The second-order valence-corrected chi connectivity index (χ2v) is 8.48. The molecular weight excluding hydrogens is 439 g/mol. The number of nitrogens with zero attached hydrogens (tertiary/aromatic N) is 1. The van der Waals surface area contributed by atoms with Crippen LogP contribution >= 0.6 is 24.0 Å². The summed E-state index contributed by atoms with van der Waals surface area (Å²) in [5.74, 6) is 0.240. The molecule has 2 aliphatic rings. The van der Waals surface area contributed by atoms with Gasteiger partial charge in [-0.25, -0.2) is 4.79 Å². The summed E-state index contributed by atoms with van der Waals surface area (Å²) in [6.07, 6.45) is 3.02. The summed E-state index contributed by atoms with van der Waals surface area (Å²) in [6.45, 7) is 3.18. The molecule has 0 amide bonds. The van der Waals surface area contributed by atoms with Gasteiger partial charge in [0.1, 0.15) is 6.61 Å². The molecule has 0 saturated carbocycles. The Kier molecular flexibility index (Phi) is 7.92. The van der Waals surface area contributed by atoms with Crippen molar-refractivity contribution in [3.8, 4) is 11.5 Å². The molecule has 1 fully saturated rings. The molecule has 8 heteroatoms. The Morgan fingerprint density at radius 1 is 1.19 bits per heavy atom. The number of carbonyl (C=O) groups is 1. The van der Waals surface area contributed by atoms with Gasteiger partial charge in [-0.2, -0.15) is 0 Å². The molecule has 1 saturated heterocycles. The summed E-state index contributed by atoms with van der Waals surface area (Å²) in [4.78, 5) is 13.8. The quantitative estimate of drug-likeness (QED) is 0.624. The van der Waals surface area contributed by atoms with E-state index in [-0.39, 0.29) is 30.5 Å². The number of nitrogen functional groups attached to an aromatic ring is 1. The van der Waals surface area contributed by atoms with Crippen LogP contribution in [0.3, 0.4) is 0 Å². The molecule has 0 aliphatic carbocycles. The summed E-state index contributed by atoms with van der Waals surface area (Å²) in [5, 5.41) is 9.59. The molecule has 2 heterocycles. The number of aliphatic carboxylic acids is 1. The van der Waals surface area contributed by atoms with E-state index in [1.54, 1.807) is 0 Å². The topological polar surface area (TPSA) is 85.0 Å². The van der Waals surface area contributed by atoms with Crippen LogP contribution in [-0.4, -0.2) is 48.3 Å². The molecule has 0 radical (unpaired) electrons. The van der Waals surface area contributed by atoms with Gasteiger partial charge in [0, 0.05) is 6.54 Å². The van der Waals surface area contributed by atoms with Gasteiger partial charge in [0.15, 0.2) is 11.5 Å². The first-order chi connectivity index (χ1) is 14.5. The Balaban J connectivity index is 0.00000272. The van der Waals surface area contributed by atoms with Gasteiger partial charge in [0.05, 0.1) is 10.7 Å². The minimum absolute atomic E-state index is 0. The number of carboxylic acids is 1. The molecule has 0 spiro atoms. The minimum atomic E-state index is -1.08. The standard InChI is InChI=1S/C23H27ClN2O4.ClH/c24-18-13-17(21-22(20(18)25)30-19(14-29-21)23(27)28)12-16-7-10-26(11-8-16)9-6-15-4-2-1-3-5-15;/h1-5,13,16,19H,6-12,14,25H2,(H,27,28);1H. The van der Waals surface area contributed by atoms with Crippen LogP contribution in [0.1, 0.15) is 24.0 Å². The second kappa shape index (κ2) is 10.4. The third kappa shape index (κ3) is 5.56. The number of halogens is 2. The van der Waals surface area contributed by atoms with Crippen LogP contribution in [0.25, 0.3) is 0 Å². The van der Waals surface area contributed by atoms with Crippen LogP contribution in [-0.2, 0) is 17.6 Å². The van der Waals surface area contributed by atoms with Gasteiger partial charge in [-0.15, -0.1) is 12.4 Å². The fourth-order valence-corrected chi connectivity index (χ4v) is 4.43. The number of piperidine rings is 1. The first-order valence-electron chi connectivity index (χ1n) is 10.4. The highest BCUT2D eigenvalue weighted by Gasteiger charge is 2.32. The molecular formula is C23H28Cl2N2O4. The highest BCUT2D eigenvalue weighted by atomic mass is 35.5. The maximum atomic E-state index is 11.3. The number of nitrogens with two attached hydrogens (primary N) is 1. The van der Waals surface area contributed by atoms with E-state index in [2.05, 4.69) is 29.2 Å². The van der Waals surface area contributed by atoms with Crippen molar-refractivity contribution in [1.29, 1.82) is 0 Å². The average Bonchev–Trinajstić information content (AvgIpc) is 2.77. The van der Waals surface area contributed by atoms with Crippen LogP contribution in [0.2, 0.25) is 5.02 Å². The number of hydrogen-bond acceptors (Lipinski definition) is 5. The largest absolute Gasteiger partial charge is 0.485 e. The molecule has 4 rings (SSSR count). The summed E-state index contributed by atoms with van der Waals surface area (Å²) < 4.78 is 11.3. The number of ether oxygens (including phenoxy) is 2. The molecule has 2 aromatic carbocycles. The van der Waals surface area contributed by atoms with Crippen LogP contribution in [0.5, 0.6) is 11.5 Å². The van der Waals surface area contributed by atoms with E-state index in [9.17, 15) is 9.90 Å². The lowest BCUT2D eigenvalue weighted by Crippen LogP contribution is -2.37. The molecule has 6 nitrogen and oxygen atoms in total. The molecule has 1 unspecified atom stereocenters. The highest BCUT2D eigenvalue weighted by Crippen LogP contribution is 2.45. The van der Waals surface area contributed by atoms with Gasteiger partial charge in [0.25, 0.3) is 0 Å². The van der Waals surface area contributed by atoms with Gasteiger partial charge in [-0.1, -0.05) is 41.9 Å². The second-order valence-electron chi connectivity index (χ2n) is 8.07. The maximum absolute atomic E-state index is 11.3. The Labute approximate surface area is 193 Å². The normalized spacial score (nSPS) is 18.9. The van der Waals surface area contributed by atoms with Gasteiger partial charge >= 0.3 is 5.97 Å². The lowest BCUT2D eigenvalue weighted by atomic mass is 9.89. The van der Waals surface area contributed by atoms with Crippen LogP contribution < -0.4 is 15.2 Å². The lowest BCUT2D eigenvalue weighted by molar-refractivity contribution is -0.147. The van der Waals surface area contributed by atoms with Crippen LogP contribution in [0, 0.1) is 5.92 Å². The number of likely N-dealkylation sites (tertiary alicyclic amines) is 1. The van der Waals surface area contributed by atoms with Gasteiger partial charge in [-0.3, -0.25) is 0 Å². The zero-order valence-corrected chi connectivity index (χ0v) is 18.8. The van der Waals surface area contributed by atoms with Crippen molar-refractivity contribution in [3.63, 3.8) is 0 Å². The van der Waals surface area contributed by atoms with Gasteiger partial charge in [0.2, 0.25) is 6.10 Å². The van der Waals surface area contributed by atoms with E-state index in [0.29, 0.717) is 16.7 Å². The third-order valence-corrected chi connectivity index (χ3v) is 6.30. The first-order valence-corrected chi connectivity index (χ1v) is 10.8. The molecule has 31 heavy (non-hydrogen) atoms. The third-order valence-electron chi connectivity index (χ3n) is 5.99. The van der Waals surface area contributed by atoms with Gasteiger partial charge in [-0.05, 0) is 61.9 Å². The summed E-state index contributed by atoms with van der Waals surface area (Å²) in [6, 6.07) is 12.4. The predicted octanol–water partition coefficient (Wildman–Crippen LogP) is 4.07. The molecule has 2 aromatic rings.